The van der Waals surface area contributed by atoms with Crippen LogP contribution < -0.4 is 0 Å². The molecule has 0 amide bonds. The number of hydrogen-bond donors (Lipinski definition) is 1. The third-order valence-electron chi connectivity index (χ3n) is 4.53. The smallest absolute Gasteiger partial charge is 0.384 e. The summed E-state index contributed by atoms with van der Waals surface area (Å²) in [7, 11) is -9.22. The number of sulfonamides is 2. The van der Waals surface area contributed by atoms with Gasteiger partial charge in [-0.15, -0.1) is 0 Å². The Balaban J connectivity index is 2.02. The van der Waals surface area contributed by atoms with Crippen LogP contribution in [0.5, 0.6) is 0 Å². The Morgan fingerprint density at radius 3 is 1.55 bits per heavy atom. The van der Waals surface area contributed by atoms with E-state index in [4.69, 9.17) is 0 Å². The quantitative estimate of drug-likeness (QED) is 0.525. The average molecular weight is 498 g/mol. The van der Waals surface area contributed by atoms with Crippen LogP contribution >= 0.6 is 0 Å². The summed E-state index contributed by atoms with van der Waals surface area (Å²) in [4.78, 5) is -0.614. The number of halogens is 3. The Kier molecular flexibility index (Phi) is 6.96. The Morgan fingerprint density at radius 2 is 1.15 bits per heavy atom. The van der Waals surface area contributed by atoms with Gasteiger partial charge in [0.1, 0.15) is 0 Å². The molecule has 0 spiro atoms. The number of aliphatic hydroxyl groups is 1. The van der Waals surface area contributed by atoms with Gasteiger partial charge in [-0.3, -0.25) is 0 Å². The van der Waals surface area contributed by atoms with Crippen molar-refractivity contribution < 1.29 is 35.1 Å². The summed E-state index contributed by atoms with van der Waals surface area (Å²) >= 11 is 0. The number of benzene rings is 3. The molecule has 0 aromatic heterocycles. The van der Waals surface area contributed by atoms with E-state index < -0.39 is 37.9 Å². The molecule has 1 N–H and O–H groups in total. The summed E-state index contributed by atoms with van der Waals surface area (Å²) in [5, 5.41) is 10.4. The Bertz CT molecular complexity index is 1250. The van der Waals surface area contributed by atoms with E-state index in [9.17, 15) is 35.1 Å². The lowest BCUT2D eigenvalue weighted by Gasteiger charge is -2.21. The van der Waals surface area contributed by atoms with E-state index in [1.807, 2.05) is 0 Å². The van der Waals surface area contributed by atoms with Crippen molar-refractivity contribution in [3.05, 3.63) is 108 Å². The van der Waals surface area contributed by atoms with Gasteiger partial charge in [-0.25, -0.2) is 16.8 Å². The standard InChI is InChI=1S/C22H18F3NO5S2/c23-22(24,25)18-13-11-17(12-14-18)21(27)15-16-26(32(28,29)19-7-3-1-4-8-19)33(30,31)20-9-5-2-6-10-20/h1-16,21,27H/b16-15+. The molecule has 0 saturated carbocycles. The predicted octanol–water partition coefficient (Wildman–Crippen LogP) is 4.33. The molecule has 11 heteroatoms. The van der Waals surface area contributed by atoms with Gasteiger partial charge in [-0.2, -0.15) is 16.9 Å². The highest BCUT2D eigenvalue weighted by atomic mass is 32.3. The topological polar surface area (TPSA) is 91.8 Å². The predicted molar refractivity (Wildman–Crippen MR) is 115 cm³/mol. The summed E-state index contributed by atoms with van der Waals surface area (Å²) in [6.45, 7) is 0. The van der Waals surface area contributed by atoms with Crippen molar-refractivity contribution >= 4 is 20.0 Å². The fourth-order valence-electron chi connectivity index (χ4n) is 2.81. The zero-order valence-electron chi connectivity index (χ0n) is 16.8. The molecular formula is C22H18F3NO5S2. The first-order chi connectivity index (χ1) is 15.4. The Labute approximate surface area is 189 Å². The highest BCUT2D eigenvalue weighted by Crippen LogP contribution is 2.30. The van der Waals surface area contributed by atoms with Gasteiger partial charge in [0.05, 0.1) is 21.5 Å². The van der Waals surface area contributed by atoms with E-state index in [0.29, 0.717) is 6.20 Å². The molecule has 1 atom stereocenters. The van der Waals surface area contributed by atoms with Crippen LogP contribution in [0.3, 0.4) is 0 Å². The van der Waals surface area contributed by atoms with Gasteiger partial charge in [0.15, 0.2) is 0 Å². The molecule has 1 unspecified atom stereocenters. The third-order valence-corrected chi connectivity index (χ3v) is 8.63. The number of hydrogen-bond acceptors (Lipinski definition) is 5. The van der Waals surface area contributed by atoms with Gasteiger partial charge in [0.25, 0.3) is 20.0 Å². The largest absolute Gasteiger partial charge is 0.416 e. The van der Waals surface area contributed by atoms with Crippen molar-refractivity contribution in [2.24, 2.45) is 0 Å². The molecule has 0 saturated heterocycles. The molecule has 6 nitrogen and oxygen atoms in total. The van der Waals surface area contributed by atoms with E-state index in [1.54, 1.807) is 12.1 Å². The second kappa shape index (κ2) is 9.38. The highest BCUT2D eigenvalue weighted by Gasteiger charge is 2.34. The van der Waals surface area contributed by atoms with E-state index in [-0.39, 0.29) is 19.1 Å². The van der Waals surface area contributed by atoms with Gasteiger partial charge in [0, 0.05) is 6.20 Å². The first kappa shape index (κ1) is 24.5. The summed E-state index contributed by atoms with van der Waals surface area (Å²) in [5.74, 6) is 0. The Hall–Kier alpha value is -3.15. The lowest BCUT2D eigenvalue weighted by molar-refractivity contribution is -0.137. The Morgan fingerprint density at radius 1 is 0.727 bits per heavy atom. The van der Waals surface area contributed by atoms with Crippen molar-refractivity contribution in [2.45, 2.75) is 22.1 Å². The molecule has 3 rings (SSSR count). The number of alkyl halides is 3. The highest BCUT2D eigenvalue weighted by molar-refractivity contribution is 8.04. The van der Waals surface area contributed by atoms with Crippen molar-refractivity contribution in [3.63, 3.8) is 0 Å². The van der Waals surface area contributed by atoms with Gasteiger partial charge in [-0.05, 0) is 48.0 Å². The fraction of sp³-hybridized carbons (Fsp3) is 0.0909. The molecule has 3 aromatic rings. The molecule has 0 aliphatic heterocycles. The summed E-state index contributed by atoms with van der Waals surface area (Å²) in [5.41, 5.74) is -0.921. The van der Waals surface area contributed by atoms with Gasteiger partial charge in [0.2, 0.25) is 0 Å². The molecular weight excluding hydrogens is 479 g/mol. The minimum Gasteiger partial charge on any atom is -0.384 e. The van der Waals surface area contributed by atoms with Gasteiger partial charge < -0.3 is 5.11 Å². The molecule has 0 radical (unpaired) electrons. The van der Waals surface area contributed by atoms with Crippen molar-refractivity contribution in [1.29, 1.82) is 0 Å². The summed E-state index contributed by atoms with van der Waals surface area (Å²) in [6, 6.07) is 17.2. The average Bonchev–Trinajstić information content (AvgIpc) is 2.79. The van der Waals surface area contributed by atoms with E-state index in [2.05, 4.69) is 0 Å². The maximum atomic E-state index is 13.1. The minimum atomic E-state index is -4.61. The molecule has 0 bridgehead atoms. The first-order valence-electron chi connectivity index (χ1n) is 9.37. The van der Waals surface area contributed by atoms with Crippen LogP contribution in [0.25, 0.3) is 0 Å². The maximum absolute atomic E-state index is 13.1. The maximum Gasteiger partial charge on any atom is 0.416 e. The van der Waals surface area contributed by atoms with Crippen LogP contribution in [0, 0.1) is 0 Å². The number of aliphatic hydroxyl groups excluding tert-OH is 1. The van der Waals surface area contributed by atoms with E-state index in [1.165, 1.54) is 48.5 Å². The van der Waals surface area contributed by atoms with Crippen LogP contribution in [-0.4, -0.2) is 25.7 Å². The zero-order valence-corrected chi connectivity index (χ0v) is 18.4. The summed E-state index contributed by atoms with van der Waals surface area (Å²) < 4.78 is 90.9. The van der Waals surface area contributed by atoms with Crippen molar-refractivity contribution in [1.82, 2.24) is 3.71 Å². The molecule has 174 valence electrons. The lowest BCUT2D eigenvalue weighted by Crippen LogP contribution is -2.32. The molecule has 0 aliphatic rings. The molecule has 0 heterocycles. The second-order valence-corrected chi connectivity index (χ2v) is 10.6. The summed E-state index contributed by atoms with van der Waals surface area (Å²) in [6.07, 6.45) is -4.60. The molecule has 0 aliphatic carbocycles. The van der Waals surface area contributed by atoms with Crippen LogP contribution in [-0.2, 0) is 26.2 Å². The SMILES string of the molecule is O=S(=O)(c1ccccc1)N(/C=C/C(O)c1ccc(C(F)(F)F)cc1)S(=O)(=O)c1ccccc1. The number of nitrogens with zero attached hydrogens (tertiary/aromatic N) is 1. The molecule has 3 aromatic carbocycles. The van der Waals surface area contributed by atoms with Crippen molar-refractivity contribution in [3.8, 4) is 0 Å². The van der Waals surface area contributed by atoms with E-state index in [0.717, 1.165) is 30.3 Å². The zero-order chi connectivity index (χ0) is 24.3. The van der Waals surface area contributed by atoms with Crippen LogP contribution in [0.4, 0.5) is 13.2 Å². The van der Waals surface area contributed by atoms with Crippen molar-refractivity contribution in [2.75, 3.05) is 0 Å². The molecule has 33 heavy (non-hydrogen) atoms. The molecule has 0 fully saturated rings. The van der Waals surface area contributed by atoms with Gasteiger partial charge in [-0.1, -0.05) is 48.5 Å². The first-order valence-corrected chi connectivity index (χ1v) is 12.3. The normalized spacial score (nSPS) is 13.7. The second-order valence-electron chi connectivity index (χ2n) is 6.77. The monoisotopic (exact) mass is 497 g/mol. The third kappa shape index (κ3) is 5.44. The number of rotatable bonds is 7. The fourth-order valence-corrected chi connectivity index (χ4v) is 6.24. The van der Waals surface area contributed by atoms with Crippen LogP contribution in [0.2, 0.25) is 0 Å². The van der Waals surface area contributed by atoms with Gasteiger partial charge >= 0.3 is 6.18 Å². The van der Waals surface area contributed by atoms with Crippen LogP contribution in [0.1, 0.15) is 17.2 Å². The minimum absolute atomic E-state index is 0.00779. The lowest BCUT2D eigenvalue weighted by atomic mass is 10.1. The van der Waals surface area contributed by atoms with E-state index >= 15 is 0 Å². The van der Waals surface area contributed by atoms with Crippen LogP contribution in [0.15, 0.2) is 107 Å².